The van der Waals surface area contributed by atoms with Crippen molar-refractivity contribution in [3.05, 3.63) is 23.9 Å². The number of ether oxygens (including phenoxy) is 1. The van der Waals surface area contributed by atoms with Crippen molar-refractivity contribution in [2.45, 2.75) is 50.1 Å². The van der Waals surface area contributed by atoms with Gasteiger partial charge >= 0.3 is 6.18 Å². The molecule has 2 bridgehead atoms. The average Bonchev–Trinajstić information content (AvgIpc) is 3.23. The topological polar surface area (TPSA) is 70.6 Å². The highest BCUT2D eigenvalue weighted by atomic mass is 19.4. The van der Waals surface area contributed by atoms with E-state index in [1.165, 1.54) is 6.07 Å². The summed E-state index contributed by atoms with van der Waals surface area (Å²) in [6.45, 7) is 1.29. The second-order valence-electron chi connectivity index (χ2n) is 6.57. The van der Waals surface area contributed by atoms with E-state index in [1.807, 2.05) is 0 Å². The van der Waals surface area contributed by atoms with Gasteiger partial charge in [-0.3, -0.25) is 4.99 Å². The van der Waals surface area contributed by atoms with Crippen LogP contribution in [-0.2, 0) is 10.9 Å². The number of aliphatic imine (C=N–C) groups is 1. The number of rotatable bonds is 6. The number of pyridine rings is 1. The molecule has 0 aromatic carbocycles. The van der Waals surface area contributed by atoms with Gasteiger partial charge in [0.15, 0.2) is 5.96 Å². The first-order valence-corrected chi connectivity index (χ1v) is 8.85. The van der Waals surface area contributed by atoms with Gasteiger partial charge in [-0.2, -0.15) is 13.2 Å². The molecule has 3 N–H and O–H groups in total. The molecule has 1 aromatic heterocycles. The maximum Gasteiger partial charge on any atom is 0.417 e. The van der Waals surface area contributed by atoms with Crippen LogP contribution in [0.3, 0.4) is 0 Å². The van der Waals surface area contributed by atoms with Crippen molar-refractivity contribution < 1.29 is 17.9 Å². The highest BCUT2D eigenvalue weighted by Gasteiger charge is 2.41. The lowest BCUT2D eigenvalue weighted by Crippen LogP contribution is -2.47. The monoisotopic (exact) mass is 371 g/mol. The molecule has 2 saturated heterocycles. The van der Waals surface area contributed by atoms with E-state index in [0.29, 0.717) is 31.1 Å². The Balaban J connectivity index is 1.33. The third kappa shape index (κ3) is 4.78. The molecule has 3 heterocycles. The zero-order valence-corrected chi connectivity index (χ0v) is 14.6. The predicted molar refractivity (Wildman–Crippen MR) is 93.1 cm³/mol. The lowest BCUT2D eigenvalue weighted by atomic mass is 9.96. The average molecular weight is 371 g/mol. The largest absolute Gasteiger partial charge is 0.417 e. The molecule has 0 aliphatic carbocycles. The van der Waals surface area contributed by atoms with Crippen LogP contribution in [-0.4, -0.2) is 49.3 Å². The fourth-order valence-corrected chi connectivity index (χ4v) is 3.34. The molecule has 3 rings (SSSR count). The van der Waals surface area contributed by atoms with E-state index in [0.717, 1.165) is 43.9 Å². The smallest absolute Gasteiger partial charge is 0.373 e. The summed E-state index contributed by atoms with van der Waals surface area (Å²) in [5, 5.41) is 9.66. The second kappa shape index (κ2) is 8.11. The zero-order chi connectivity index (χ0) is 18.6. The Bertz CT molecular complexity index is 620. The van der Waals surface area contributed by atoms with Gasteiger partial charge in [0.2, 0.25) is 0 Å². The molecule has 2 aliphatic rings. The van der Waals surface area contributed by atoms with E-state index in [9.17, 15) is 13.2 Å². The number of nitrogens with one attached hydrogen (secondary N) is 3. The number of hydrogen-bond acceptors (Lipinski definition) is 4. The molecule has 1 aromatic rings. The van der Waals surface area contributed by atoms with Gasteiger partial charge in [-0.25, -0.2) is 4.98 Å². The summed E-state index contributed by atoms with van der Waals surface area (Å²) in [6.07, 6.45) is 1.19. The van der Waals surface area contributed by atoms with Crippen LogP contribution in [0.5, 0.6) is 0 Å². The summed E-state index contributed by atoms with van der Waals surface area (Å²) in [7, 11) is 1.73. The van der Waals surface area contributed by atoms with Crippen molar-refractivity contribution in [3.8, 4) is 0 Å². The first-order valence-electron chi connectivity index (χ1n) is 8.85. The highest BCUT2D eigenvalue weighted by Crippen LogP contribution is 2.34. The van der Waals surface area contributed by atoms with Gasteiger partial charge in [-0.1, -0.05) is 0 Å². The standard InChI is InChI=1S/C17H24F3N5O/c1-21-16(25-13-9-12-4-5-14(13)26-12)23-8-2-7-22-15-6-3-11(10-24-15)17(18,19)20/h3,6,10,12-14H,2,4-5,7-9H2,1H3,(H,22,24)(H2,21,23,25). The lowest BCUT2D eigenvalue weighted by molar-refractivity contribution is -0.137. The number of anilines is 1. The van der Waals surface area contributed by atoms with E-state index in [2.05, 4.69) is 25.9 Å². The number of alkyl halides is 3. The van der Waals surface area contributed by atoms with Gasteiger partial charge in [0.05, 0.1) is 23.8 Å². The molecule has 144 valence electrons. The lowest BCUT2D eigenvalue weighted by Gasteiger charge is -2.22. The molecule has 0 spiro atoms. The normalized spacial score (nSPS) is 25.4. The van der Waals surface area contributed by atoms with E-state index >= 15 is 0 Å². The van der Waals surface area contributed by atoms with Gasteiger partial charge in [0.1, 0.15) is 5.82 Å². The summed E-state index contributed by atoms with van der Waals surface area (Å²) in [5.74, 6) is 1.18. The maximum atomic E-state index is 12.5. The third-order valence-electron chi connectivity index (χ3n) is 4.69. The molecule has 0 amide bonds. The quantitative estimate of drug-likeness (QED) is 0.407. The van der Waals surface area contributed by atoms with Gasteiger partial charge in [0, 0.05) is 26.3 Å². The van der Waals surface area contributed by atoms with Crippen LogP contribution in [0.2, 0.25) is 0 Å². The van der Waals surface area contributed by atoms with E-state index in [-0.39, 0.29) is 6.10 Å². The minimum Gasteiger partial charge on any atom is -0.373 e. The van der Waals surface area contributed by atoms with Crippen molar-refractivity contribution in [2.24, 2.45) is 4.99 Å². The molecule has 2 aliphatic heterocycles. The van der Waals surface area contributed by atoms with Crippen LogP contribution in [0.4, 0.5) is 19.0 Å². The molecule has 3 atom stereocenters. The summed E-state index contributed by atoms with van der Waals surface area (Å²) >= 11 is 0. The molecule has 0 radical (unpaired) electrons. The Kier molecular flexibility index (Phi) is 5.85. The van der Waals surface area contributed by atoms with Crippen molar-refractivity contribution >= 4 is 11.8 Å². The van der Waals surface area contributed by atoms with Gasteiger partial charge < -0.3 is 20.7 Å². The van der Waals surface area contributed by atoms with Crippen LogP contribution in [0.1, 0.15) is 31.2 Å². The Morgan fingerprint density at radius 3 is 2.73 bits per heavy atom. The van der Waals surface area contributed by atoms with Crippen LogP contribution in [0, 0.1) is 0 Å². The fraction of sp³-hybridized carbons (Fsp3) is 0.647. The number of halogens is 3. The van der Waals surface area contributed by atoms with Crippen LogP contribution < -0.4 is 16.0 Å². The van der Waals surface area contributed by atoms with Crippen molar-refractivity contribution in [2.75, 3.05) is 25.5 Å². The molecule has 9 heteroatoms. The molecular weight excluding hydrogens is 347 g/mol. The van der Waals surface area contributed by atoms with Gasteiger partial charge in [-0.05, 0) is 37.8 Å². The molecule has 0 saturated carbocycles. The van der Waals surface area contributed by atoms with Crippen LogP contribution in [0.25, 0.3) is 0 Å². The first kappa shape index (κ1) is 18.8. The van der Waals surface area contributed by atoms with E-state index < -0.39 is 11.7 Å². The minimum atomic E-state index is -4.36. The minimum absolute atomic E-state index is 0.283. The number of hydrogen-bond donors (Lipinski definition) is 3. The Labute approximate surface area is 150 Å². The zero-order valence-electron chi connectivity index (χ0n) is 14.6. The first-order chi connectivity index (χ1) is 12.5. The molecule has 6 nitrogen and oxygen atoms in total. The predicted octanol–water partition coefficient (Wildman–Crippen LogP) is 2.39. The molecule has 2 fully saturated rings. The van der Waals surface area contributed by atoms with Gasteiger partial charge in [-0.15, -0.1) is 0 Å². The highest BCUT2D eigenvalue weighted by molar-refractivity contribution is 5.80. The summed E-state index contributed by atoms with van der Waals surface area (Å²) < 4.78 is 43.3. The van der Waals surface area contributed by atoms with Gasteiger partial charge in [0.25, 0.3) is 0 Å². The Morgan fingerprint density at radius 1 is 1.31 bits per heavy atom. The molecule has 3 unspecified atom stereocenters. The van der Waals surface area contributed by atoms with E-state index in [1.54, 1.807) is 7.05 Å². The fourth-order valence-electron chi connectivity index (χ4n) is 3.34. The number of guanidine groups is 1. The number of fused-ring (bicyclic) bond motifs is 2. The summed E-state index contributed by atoms with van der Waals surface area (Å²) in [4.78, 5) is 8.01. The summed E-state index contributed by atoms with van der Waals surface area (Å²) in [6, 6.07) is 2.68. The maximum absolute atomic E-state index is 12.5. The number of nitrogens with zero attached hydrogens (tertiary/aromatic N) is 2. The van der Waals surface area contributed by atoms with Crippen molar-refractivity contribution in [1.29, 1.82) is 0 Å². The van der Waals surface area contributed by atoms with Crippen LogP contribution in [0.15, 0.2) is 23.3 Å². The Hall–Kier alpha value is -2.03. The van der Waals surface area contributed by atoms with Crippen molar-refractivity contribution in [1.82, 2.24) is 15.6 Å². The third-order valence-corrected chi connectivity index (χ3v) is 4.69. The molecular formula is C17H24F3N5O. The van der Waals surface area contributed by atoms with Crippen LogP contribution >= 0.6 is 0 Å². The number of aromatic nitrogens is 1. The molecule has 26 heavy (non-hydrogen) atoms. The summed E-state index contributed by atoms with van der Waals surface area (Å²) in [5.41, 5.74) is -0.746. The SMILES string of the molecule is CN=C(NCCCNc1ccc(C(F)(F)F)cn1)NC1CC2CCC1O2. The van der Waals surface area contributed by atoms with E-state index in [4.69, 9.17) is 4.74 Å². The Morgan fingerprint density at radius 2 is 2.15 bits per heavy atom. The second-order valence-corrected chi connectivity index (χ2v) is 6.57. The van der Waals surface area contributed by atoms with Crippen molar-refractivity contribution in [3.63, 3.8) is 0 Å².